The van der Waals surface area contributed by atoms with Crippen molar-refractivity contribution in [3.8, 4) is 0 Å². The topological polar surface area (TPSA) is 0 Å². The Kier molecular flexibility index (Phi) is 4.90. The van der Waals surface area contributed by atoms with Crippen molar-refractivity contribution in [2.45, 2.75) is 6.92 Å². The minimum absolute atomic E-state index is 0.326. The summed E-state index contributed by atoms with van der Waals surface area (Å²) in [5.74, 6) is 0. The van der Waals surface area contributed by atoms with Crippen LogP contribution in [0.15, 0.2) is 89.9 Å². The SMILES string of the molecule is Cc1ccccc1[Se]C=C(c1ccccc1)c1ccccc1. The Morgan fingerprint density at radius 2 is 1.18 bits per heavy atom. The van der Waals surface area contributed by atoms with Crippen molar-refractivity contribution in [2.24, 2.45) is 0 Å². The maximum atomic E-state index is 2.40. The Labute approximate surface area is 138 Å². The average molecular weight is 349 g/mol. The second-order valence-corrected chi connectivity index (χ2v) is 7.06. The van der Waals surface area contributed by atoms with Gasteiger partial charge in [0.2, 0.25) is 0 Å². The number of aryl methyl sites for hydroxylation is 1. The van der Waals surface area contributed by atoms with Gasteiger partial charge in [0.05, 0.1) is 0 Å². The zero-order valence-corrected chi connectivity index (χ0v) is 14.3. The summed E-state index contributed by atoms with van der Waals surface area (Å²) in [4.78, 5) is 2.40. The zero-order valence-electron chi connectivity index (χ0n) is 12.6. The van der Waals surface area contributed by atoms with Crippen molar-refractivity contribution in [1.29, 1.82) is 0 Å². The second-order valence-electron chi connectivity index (χ2n) is 5.15. The predicted octanol–water partition coefficient (Wildman–Crippen LogP) is 4.41. The van der Waals surface area contributed by atoms with E-state index in [2.05, 4.69) is 96.8 Å². The van der Waals surface area contributed by atoms with Crippen molar-refractivity contribution >= 4 is 25.0 Å². The fourth-order valence-corrected chi connectivity index (χ4v) is 4.30. The van der Waals surface area contributed by atoms with Crippen LogP contribution in [0, 0.1) is 6.92 Å². The van der Waals surface area contributed by atoms with E-state index in [0.29, 0.717) is 15.0 Å². The summed E-state index contributed by atoms with van der Waals surface area (Å²) >= 11 is 0.326. The second kappa shape index (κ2) is 7.26. The van der Waals surface area contributed by atoms with Crippen LogP contribution in [0.3, 0.4) is 0 Å². The molecule has 0 saturated heterocycles. The van der Waals surface area contributed by atoms with E-state index in [1.807, 2.05) is 0 Å². The van der Waals surface area contributed by atoms with Gasteiger partial charge in [0.25, 0.3) is 0 Å². The fraction of sp³-hybridized carbons (Fsp3) is 0.0476. The molecule has 0 radical (unpaired) electrons. The molecular formula is C21H18Se. The van der Waals surface area contributed by atoms with E-state index in [4.69, 9.17) is 0 Å². The van der Waals surface area contributed by atoms with E-state index in [-0.39, 0.29) is 0 Å². The average Bonchev–Trinajstić information content (AvgIpc) is 2.59. The molecule has 0 aromatic heterocycles. The number of hydrogen-bond acceptors (Lipinski definition) is 0. The first kappa shape index (κ1) is 14.8. The Bertz CT molecular complexity index is 717. The van der Waals surface area contributed by atoms with E-state index < -0.39 is 0 Å². The molecule has 0 nitrogen and oxygen atoms in total. The van der Waals surface area contributed by atoms with Gasteiger partial charge in [0, 0.05) is 0 Å². The summed E-state index contributed by atoms with van der Waals surface area (Å²) in [5, 5.41) is 0. The van der Waals surface area contributed by atoms with Gasteiger partial charge < -0.3 is 0 Å². The minimum atomic E-state index is 0.326. The summed E-state index contributed by atoms with van der Waals surface area (Å²) in [6.45, 7) is 2.19. The molecule has 0 aliphatic rings. The summed E-state index contributed by atoms with van der Waals surface area (Å²) in [6, 6.07) is 30.0. The van der Waals surface area contributed by atoms with Gasteiger partial charge in [-0.05, 0) is 0 Å². The Morgan fingerprint density at radius 1 is 0.682 bits per heavy atom. The van der Waals surface area contributed by atoms with Gasteiger partial charge in [-0.2, -0.15) is 0 Å². The van der Waals surface area contributed by atoms with E-state index in [9.17, 15) is 0 Å². The molecule has 108 valence electrons. The standard InChI is InChI=1S/C21H18Se/c1-17-10-8-9-15-21(17)22-16-20(18-11-4-2-5-12-18)19-13-6-3-7-14-19/h2-16H,1H3. The monoisotopic (exact) mass is 350 g/mol. The van der Waals surface area contributed by atoms with E-state index >= 15 is 0 Å². The molecule has 0 fully saturated rings. The molecule has 1 heteroatoms. The summed E-state index contributed by atoms with van der Waals surface area (Å²) < 4.78 is 1.44. The maximum absolute atomic E-state index is 2.40. The summed E-state index contributed by atoms with van der Waals surface area (Å²) in [5.41, 5.74) is 5.26. The van der Waals surface area contributed by atoms with Crippen LogP contribution in [0.4, 0.5) is 0 Å². The van der Waals surface area contributed by atoms with Crippen LogP contribution < -0.4 is 4.46 Å². The van der Waals surface area contributed by atoms with Gasteiger partial charge in [0.15, 0.2) is 0 Å². The van der Waals surface area contributed by atoms with Crippen molar-refractivity contribution in [3.63, 3.8) is 0 Å². The van der Waals surface area contributed by atoms with Crippen LogP contribution in [0.25, 0.3) is 5.57 Å². The molecule has 0 amide bonds. The van der Waals surface area contributed by atoms with E-state index in [1.165, 1.54) is 26.7 Å². The molecule has 0 unspecified atom stereocenters. The van der Waals surface area contributed by atoms with Crippen molar-refractivity contribution in [1.82, 2.24) is 0 Å². The van der Waals surface area contributed by atoms with Crippen LogP contribution >= 0.6 is 0 Å². The van der Waals surface area contributed by atoms with Crippen LogP contribution in [-0.4, -0.2) is 15.0 Å². The van der Waals surface area contributed by atoms with E-state index in [0.717, 1.165) is 0 Å². The Morgan fingerprint density at radius 3 is 1.73 bits per heavy atom. The van der Waals surface area contributed by atoms with Gasteiger partial charge in [-0.1, -0.05) is 0 Å². The molecular weight excluding hydrogens is 331 g/mol. The molecule has 3 aromatic carbocycles. The normalized spacial score (nSPS) is 10.2. The molecule has 0 aliphatic heterocycles. The molecule has 0 bridgehead atoms. The first-order chi connectivity index (χ1) is 10.8. The van der Waals surface area contributed by atoms with Crippen LogP contribution in [0.1, 0.15) is 16.7 Å². The quantitative estimate of drug-likeness (QED) is 0.612. The Balaban J connectivity index is 1.99. The third-order valence-electron chi connectivity index (χ3n) is 3.57. The zero-order chi connectivity index (χ0) is 15.2. The molecule has 3 rings (SSSR count). The van der Waals surface area contributed by atoms with Crippen LogP contribution in [0.2, 0.25) is 0 Å². The molecule has 3 aromatic rings. The fourth-order valence-electron chi connectivity index (χ4n) is 2.35. The molecule has 0 atom stereocenters. The number of hydrogen-bond donors (Lipinski definition) is 0. The molecule has 0 saturated carbocycles. The van der Waals surface area contributed by atoms with Gasteiger partial charge in [-0.25, -0.2) is 0 Å². The molecule has 0 spiro atoms. The Hall–Kier alpha value is -2.08. The van der Waals surface area contributed by atoms with Gasteiger partial charge in [0.1, 0.15) is 0 Å². The predicted molar refractivity (Wildman–Crippen MR) is 96.5 cm³/mol. The third kappa shape index (κ3) is 3.57. The van der Waals surface area contributed by atoms with Crippen LogP contribution in [0.5, 0.6) is 0 Å². The summed E-state index contributed by atoms with van der Waals surface area (Å²) in [6.07, 6.45) is 0. The number of rotatable bonds is 4. The molecule has 0 N–H and O–H groups in total. The summed E-state index contributed by atoms with van der Waals surface area (Å²) in [7, 11) is 0. The number of benzene rings is 3. The first-order valence-electron chi connectivity index (χ1n) is 7.38. The van der Waals surface area contributed by atoms with Gasteiger partial charge in [-0.3, -0.25) is 0 Å². The van der Waals surface area contributed by atoms with Crippen molar-refractivity contribution in [2.75, 3.05) is 0 Å². The molecule has 0 aliphatic carbocycles. The van der Waals surface area contributed by atoms with Crippen LogP contribution in [-0.2, 0) is 0 Å². The third-order valence-corrected chi connectivity index (χ3v) is 5.80. The molecule has 22 heavy (non-hydrogen) atoms. The molecule has 0 heterocycles. The van der Waals surface area contributed by atoms with Crippen molar-refractivity contribution in [3.05, 3.63) is 107 Å². The van der Waals surface area contributed by atoms with Crippen molar-refractivity contribution < 1.29 is 0 Å². The first-order valence-corrected chi connectivity index (χ1v) is 9.22. The van der Waals surface area contributed by atoms with Gasteiger partial charge >= 0.3 is 139 Å². The van der Waals surface area contributed by atoms with Gasteiger partial charge in [-0.15, -0.1) is 0 Å². The van der Waals surface area contributed by atoms with E-state index in [1.54, 1.807) is 0 Å².